The number of rotatable bonds is 5. The highest BCUT2D eigenvalue weighted by Crippen LogP contribution is 2.27. The molecule has 0 aliphatic rings. The second-order valence-electron chi connectivity index (χ2n) is 4.81. The van der Waals surface area contributed by atoms with E-state index >= 15 is 0 Å². The minimum Gasteiger partial charge on any atom is -0.460 e. The fourth-order valence-electron chi connectivity index (χ4n) is 2.24. The first-order valence-corrected chi connectivity index (χ1v) is 7.99. The largest absolute Gasteiger partial charge is 0.460 e. The van der Waals surface area contributed by atoms with Crippen molar-refractivity contribution < 1.29 is 27.9 Å². The third kappa shape index (κ3) is 3.21. The highest BCUT2D eigenvalue weighted by atomic mass is 79.9. The topological polar surface area (TPSA) is 78.9 Å². The molecule has 2 aromatic heterocycles. The minimum atomic E-state index is -0.638. The van der Waals surface area contributed by atoms with Crippen molar-refractivity contribution in [2.45, 2.75) is 13.5 Å². The van der Waals surface area contributed by atoms with Crippen molar-refractivity contribution in [2.75, 3.05) is 6.61 Å². The molecule has 124 valence electrons. The van der Waals surface area contributed by atoms with Crippen molar-refractivity contribution in [1.82, 2.24) is 0 Å². The van der Waals surface area contributed by atoms with E-state index in [1.165, 1.54) is 6.07 Å². The van der Waals surface area contributed by atoms with Crippen LogP contribution in [0.3, 0.4) is 0 Å². The molecule has 0 saturated heterocycles. The number of esters is 2. The zero-order valence-electron chi connectivity index (χ0n) is 12.7. The lowest BCUT2D eigenvalue weighted by Crippen LogP contribution is -2.09. The molecule has 0 aliphatic carbocycles. The Bertz CT molecular complexity index is 892. The molecule has 0 N–H and O–H groups in total. The van der Waals surface area contributed by atoms with Gasteiger partial charge in [0.05, 0.1) is 12.2 Å². The molecule has 0 spiro atoms. The molecular weight excluding hydrogens is 380 g/mol. The molecule has 0 saturated carbocycles. The Morgan fingerprint density at radius 2 is 1.83 bits per heavy atom. The van der Waals surface area contributed by atoms with Gasteiger partial charge in [0.15, 0.2) is 4.67 Å². The van der Waals surface area contributed by atoms with Crippen LogP contribution >= 0.6 is 15.9 Å². The Morgan fingerprint density at radius 3 is 2.54 bits per heavy atom. The molecule has 0 bridgehead atoms. The van der Waals surface area contributed by atoms with Gasteiger partial charge in [0.25, 0.3) is 0 Å². The summed E-state index contributed by atoms with van der Waals surface area (Å²) < 4.78 is 21.4. The molecule has 0 aliphatic heterocycles. The highest BCUT2D eigenvalue weighted by molar-refractivity contribution is 9.10. The molecule has 3 rings (SSSR count). The number of hydrogen-bond donors (Lipinski definition) is 0. The zero-order chi connectivity index (χ0) is 17.1. The van der Waals surface area contributed by atoms with Gasteiger partial charge in [0.2, 0.25) is 11.5 Å². The number of benzene rings is 1. The van der Waals surface area contributed by atoms with Crippen LogP contribution in [-0.4, -0.2) is 18.5 Å². The van der Waals surface area contributed by atoms with E-state index in [9.17, 15) is 9.59 Å². The Balaban J connectivity index is 1.88. The third-order valence-electron chi connectivity index (χ3n) is 3.28. The van der Waals surface area contributed by atoms with Gasteiger partial charge >= 0.3 is 11.9 Å². The quantitative estimate of drug-likeness (QED) is 0.601. The summed E-state index contributed by atoms with van der Waals surface area (Å²) in [6, 6.07) is 10.2. The number of carbonyl (C=O) groups is 2. The summed E-state index contributed by atoms with van der Waals surface area (Å²) in [5, 5.41) is 0.689. The standard InChI is InChI=1S/C17H13BrO6/c1-2-21-17(20)15-11(10-5-3-4-6-12(10)24-15)9-22-16(19)13-7-8-14(18)23-13/h3-8H,2,9H2,1H3. The van der Waals surface area contributed by atoms with Gasteiger partial charge in [-0.05, 0) is 41.1 Å². The monoisotopic (exact) mass is 392 g/mol. The molecule has 0 unspecified atom stereocenters. The summed E-state index contributed by atoms with van der Waals surface area (Å²) in [6.07, 6.45) is 0. The Hall–Kier alpha value is -2.54. The number of furan rings is 2. The summed E-state index contributed by atoms with van der Waals surface area (Å²) in [6.45, 7) is 1.78. The number of para-hydroxylation sites is 1. The van der Waals surface area contributed by atoms with E-state index < -0.39 is 11.9 Å². The van der Waals surface area contributed by atoms with Gasteiger partial charge in [0, 0.05) is 5.39 Å². The van der Waals surface area contributed by atoms with E-state index in [2.05, 4.69) is 15.9 Å². The first-order chi connectivity index (χ1) is 11.6. The second kappa shape index (κ2) is 6.92. The molecule has 0 radical (unpaired) electrons. The fourth-order valence-corrected chi connectivity index (χ4v) is 2.54. The molecular formula is C17H13BrO6. The first-order valence-electron chi connectivity index (χ1n) is 7.20. The van der Waals surface area contributed by atoms with E-state index in [1.807, 2.05) is 6.07 Å². The Labute approximate surface area is 145 Å². The van der Waals surface area contributed by atoms with Gasteiger partial charge in [-0.15, -0.1) is 0 Å². The number of halogens is 1. The van der Waals surface area contributed by atoms with Crippen molar-refractivity contribution in [3.8, 4) is 0 Å². The smallest absolute Gasteiger partial charge is 0.374 e. The van der Waals surface area contributed by atoms with Crippen LogP contribution in [0.1, 0.15) is 33.6 Å². The Kier molecular flexibility index (Phi) is 4.71. The number of fused-ring (bicyclic) bond motifs is 1. The molecule has 6 nitrogen and oxygen atoms in total. The van der Waals surface area contributed by atoms with E-state index in [4.69, 9.17) is 18.3 Å². The Morgan fingerprint density at radius 1 is 1.04 bits per heavy atom. The summed E-state index contributed by atoms with van der Waals surface area (Å²) in [5.74, 6) is -1.14. The van der Waals surface area contributed by atoms with Crippen LogP contribution in [0, 0.1) is 0 Å². The van der Waals surface area contributed by atoms with Crippen LogP contribution in [0.5, 0.6) is 0 Å². The third-order valence-corrected chi connectivity index (χ3v) is 3.71. The predicted octanol–water partition coefficient (Wildman–Crippen LogP) is 4.32. The lowest BCUT2D eigenvalue weighted by Gasteiger charge is -2.04. The molecule has 0 fully saturated rings. The van der Waals surface area contributed by atoms with Gasteiger partial charge < -0.3 is 18.3 Å². The average Bonchev–Trinajstić information content (AvgIpc) is 3.16. The van der Waals surface area contributed by atoms with E-state index in [0.717, 1.165) is 0 Å². The minimum absolute atomic E-state index is 0.0338. The van der Waals surface area contributed by atoms with Gasteiger partial charge in [-0.2, -0.15) is 0 Å². The van der Waals surface area contributed by atoms with Crippen molar-refractivity contribution >= 4 is 38.8 Å². The lowest BCUT2D eigenvalue weighted by atomic mass is 10.1. The van der Waals surface area contributed by atoms with Crippen LogP contribution in [0.25, 0.3) is 11.0 Å². The van der Waals surface area contributed by atoms with Gasteiger partial charge in [0.1, 0.15) is 12.2 Å². The van der Waals surface area contributed by atoms with Crippen molar-refractivity contribution in [1.29, 1.82) is 0 Å². The summed E-state index contributed by atoms with van der Waals surface area (Å²) >= 11 is 3.12. The second-order valence-corrected chi connectivity index (χ2v) is 5.59. The molecule has 1 aromatic carbocycles. The SMILES string of the molecule is CCOC(=O)c1oc2ccccc2c1COC(=O)c1ccc(Br)o1. The summed E-state index contributed by atoms with van der Waals surface area (Å²) in [7, 11) is 0. The number of hydrogen-bond acceptors (Lipinski definition) is 6. The molecule has 0 atom stereocenters. The average molecular weight is 393 g/mol. The molecule has 2 heterocycles. The first kappa shape index (κ1) is 16.3. The van der Waals surface area contributed by atoms with Crippen LogP contribution < -0.4 is 0 Å². The van der Waals surface area contributed by atoms with Crippen LogP contribution in [-0.2, 0) is 16.1 Å². The van der Waals surface area contributed by atoms with Crippen LogP contribution in [0.2, 0.25) is 0 Å². The molecule has 3 aromatic rings. The highest BCUT2D eigenvalue weighted by Gasteiger charge is 2.23. The molecule has 0 amide bonds. The normalized spacial score (nSPS) is 10.8. The fraction of sp³-hybridized carbons (Fsp3) is 0.176. The lowest BCUT2D eigenvalue weighted by molar-refractivity contribution is 0.0410. The van der Waals surface area contributed by atoms with E-state index in [1.54, 1.807) is 31.2 Å². The van der Waals surface area contributed by atoms with Crippen LogP contribution in [0.4, 0.5) is 0 Å². The summed E-state index contributed by atoms with van der Waals surface area (Å²) in [4.78, 5) is 24.1. The van der Waals surface area contributed by atoms with Crippen molar-refractivity contribution in [3.63, 3.8) is 0 Å². The van der Waals surface area contributed by atoms with Gasteiger partial charge in [-0.1, -0.05) is 18.2 Å². The molecule has 24 heavy (non-hydrogen) atoms. The van der Waals surface area contributed by atoms with E-state index in [0.29, 0.717) is 21.2 Å². The van der Waals surface area contributed by atoms with Crippen molar-refractivity contribution in [2.24, 2.45) is 0 Å². The van der Waals surface area contributed by atoms with Crippen LogP contribution in [0.15, 0.2) is 49.9 Å². The predicted molar refractivity (Wildman–Crippen MR) is 87.7 cm³/mol. The maximum atomic E-state index is 12.1. The molecule has 7 heteroatoms. The van der Waals surface area contributed by atoms with Crippen molar-refractivity contribution in [3.05, 3.63) is 58.2 Å². The maximum Gasteiger partial charge on any atom is 0.374 e. The summed E-state index contributed by atoms with van der Waals surface area (Å²) in [5.41, 5.74) is 0.982. The van der Waals surface area contributed by atoms with Gasteiger partial charge in [-0.3, -0.25) is 0 Å². The van der Waals surface area contributed by atoms with E-state index in [-0.39, 0.29) is 24.7 Å². The van der Waals surface area contributed by atoms with Gasteiger partial charge in [-0.25, -0.2) is 9.59 Å². The maximum absolute atomic E-state index is 12.1. The number of ether oxygens (including phenoxy) is 2. The zero-order valence-corrected chi connectivity index (χ0v) is 14.3. The number of carbonyl (C=O) groups excluding carboxylic acids is 2.